The lowest BCUT2D eigenvalue weighted by atomic mass is 10.1. The van der Waals surface area contributed by atoms with E-state index in [0.717, 1.165) is 21.9 Å². The van der Waals surface area contributed by atoms with Crippen LogP contribution in [0.5, 0.6) is 5.75 Å². The fourth-order valence-corrected chi connectivity index (χ4v) is 3.75. The molecule has 30 heavy (non-hydrogen) atoms. The van der Waals surface area contributed by atoms with Crippen LogP contribution < -0.4 is 15.5 Å². The normalized spacial score (nSPS) is 11.4. The summed E-state index contributed by atoms with van der Waals surface area (Å²) in [6, 6.07) is 17.5. The fraction of sp³-hybridized carbons (Fsp3) is 0.217. The first-order valence-electron chi connectivity index (χ1n) is 9.65. The molecule has 0 aliphatic carbocycles. The highest BCUT2D eigenvalue weighted by molar-refractivity contribution is 7.10. The number of likely N-dealkylation sites (N-methyl/N-ethyl adjacent to an activating group) is 1. The number of anilines is 1. The Bertz CT molecular complexity index is 987. The van der Waals surface area contributed by atoms with Gasteiger partial charge in [-0.15, -0.1) is 11.3 Å². The molecular weight excluding hydrogens is 398 g/mol. The Labute approximate surface area is 180 Å². The molecule has 3 rings (SSSR count). The highest BCUT2D eigenvalue weighted by Crippen LogP contribution is 2.23. The third-order valence-corrected chi connectivity index (χ3v) is 5.50. The van der Waals surface area contributed by atoms with Crippen LogP contribution in [0.25, 0.3) is 0 Å². The van der Waals surface area contributed by atoms with Crippen molar-refractivity contribution in [3.8, 4) is 5.75 Å². The fourth-order valence-electron chi connectivity index (χ4n) is 2.98. The molecule has 156 valence electrons. The average molecular weight is 424 g/mol. The summed E-state index contributed by atoms with van der Waals surface area (Å²) >= 11 is 1.43. The summed E-state index contributed by atoms with van der Waals surface area (Å²) in [6.45, 7) is 4.23. The van der Waals surface area contributed by atoms with Gasteiger partial charge in [-0.1, -0.05) is 23.8 Å². The Hall–Kier alpha value is -3.32. The smallest absolute Gasteiger partial charge is 0.268 e. The van der Waals surface area contributed by atoms with Crippen molar-refractivity contribution in [1.29, 1.82) is 0 Å². The number of hydrogen-bond donors (Lipinski definition) is 2. The summed E-state index contributed by atoms with van der Waals surface area (Å²) in [5.41, 5.74) is 5.38. The lowest BCUT2D eigenvalue weighted by molar-refractivity contribution is -0.131. The number of nitrogens with zero attached hydrogens (tertiary/aromatic N) is 1. The van der Waals surface area contributed by atoms with E-state index in [-0.39, 0.29) is 11.8 Å². The van der Waals surface area contributed by atoms with Crippen molar-refractivity contribution in [3.05, 3.63) is 82.0 Å². The van der Waals surface area contributed by atoms with E-state index in [1.54, 1.807) is 19.2 Å². The van der Waals surface area contributed by atoms with Crippen molar-refractivity contribution in [2.45, 2.75) is 19.9 Å². The van der Waals surface area contributed by atoms with E-state index in [4.69, 9.17) is 4.74 Å². The Morgan fingerprint density at radius 2 is 1.87 bits per heavy atom. The number of benzene rings is 2. The SMILES string of the molecule is CCN(Nc1ccc(OC)cc1)C(=O)C(NC(=O)c1cccc(C)c1)c1cccs1. The second-order valence-corrected chi connectivity index (χ2v) is 7.69. The zero-order valence-electron chi connectivity index (χ0n) is 17.2. The molecule has 0 radical (unpaired) electrons. The number of nitrogens with one attached hydrogen (secondary N) is 2. The zero-order chi connectivity index (χ0) is 21.5. The van der Waals surface area contributed by atoms with Crippen molar-refractivity contribution in [3.63, 3.8) is 0 Å². The van der Waals surface area contributed by atoms with Crippen LogP contribution in [-0.2, 0) is 4.79 Å². The molecule has 2 N–H and O–H groups in total. The van der Waals surface area contributed by atoms with Gasteiger partial charge in [-0.05, 0) is 61.7 Å². The molecular formula is C23H25N3O3S. The molecule has 0 saturated carbocycles. The van der Waals surface area contributed by atoms with Crippen LogP contribution in [0.2, 0.25) is 0 Å². The van der Waals surface area contributed by atoms with Gasteiger partial charge in [0, 0.05) is 17.0 Å². The minimum Gasteiger partial charge on any atom is -0.497 e. The maximum atomic E-state index is 13.4. The van der Waals surface area contributed by atoms with Crippen LogP contribution in [0.15, 0.2) is 66.0 Å². The summed E-state index contributed by atoms with van der Waals surface area (Å²) in [6.07, 6.45) is 0. The lowest BCUT2D eigenvalue weighted by Crippen LogP contribution is -2.45. The number of thiophene rings is 1. The second-order valence-electron chi connectivity index (χ2n) is 6.71. The maximum Gasteiger partial charge on any atom is 0.268 e. The number of amides is 2. The zero-order valence-corrected chi connectivity index (χ0v) is 18.0. The van der Waals surface area contributed by atoms with Crippen LogP contribution in [0.3, 0.4) is 0 Å². The number of hydrazine groups is 1. The third kappa shape index (κ3) is 5.18. The minimum atomic E-state index is -0.788. The topological polar surface area (TPSA) is 70.7 Å². The summed E-state index contributed by atoms with van der Waals surface area (Å²) < 4.78 is 5.17. The van der Waals surface area contributed by atoms with Gasteiger partial charge in [0.15, 0.2) is 0 Å². The van der Waals surface area contributed by atoms with Gasteiger partial charge in [0.2, 0.25) is 0 Å². The van der Waals surface area contributed by atoms with E-state index in [2.05, 4.69) is 10.7 Å². The molecule has 1 aromatic heterocycles. The molecule has 2 aromatic carbocycles. The Kier molecular flexibility index (Phi) is 7.08. The quantitative estimate of drug-likeness (QED) is 0.527. The van der Waals surface area contributed by atoms with Crippen LogP contribution >= 0.6 is 11.3 Å². The number of ether oxygens (including phenoxy) is 1. The largest absolute Gasteiger partial charge is 0.497 e. The van der Waals surface area contributed by atoms with E-state index in [1.165, 1.54) is 16.3 Å². The van der Waals surface area contributed by atoms with Crippen LogP contribution in [0, 0.1) is 6.92 Å². The molecule has 0 spiro atoms. The Morgan fingerprint density at radius 3 is 2.47 bits per heavy atom. The molecule has 0 fully saturated rings. The van der Waals surface area contributed by atoms with Crippen LogP contribution in [0.1, 0.15) is 33.8 Å². The lowest BCUT2D eigenvalue weighted by Gasteiger charge is -2.27. The molecule has 2 amide bonds. The molecule has 1 unspecified atom stereocenters. The van der Waals surface area contributed by atoms with Gasteiger partial charge in [-0.2, -0.15) is 0 Å². The maximum absolute atomic E-state index is 13.4. The van der Waals surface area contributed by atoms with Gasteiger partial charge in [0.1, 0.15) is 11.8 Å². The molecule has 1 atom stereocenters. The molecule has 0 bridgehead atoms. The summed E-state index contributed by atoms with van der Waals surface area (Å²) in [7, 11) is 1.60. The number of carbonyl (C=O) groups excluding carboxylic acids is 2. The molecule has 0 saturated heterocycles. The predicted molar refractivity (Wildman–Crippen MR) is 120 cm³/mol. The standard InChI is InChI=1S/C23H25N3O3S/c1-4-26(25-18-10-12-19(29-3)13-11-18)23(28)21(20-9-6-14-30-20)24-22(27)17-8-5-7-16(2)15-17/h5-15,21,25H,4H2,1-3H3,(H,24,27). The molecule has 6 nitrogen and oxygen atoms in total. The van der Waals surface area contributed by atoms with E-state index >= 15 is 0 Å². The second kappa shape index (κ2) is 9.93. The van der Waals surface area contributed by atoms with Crippen molar-refractivity contribution in [2.24, 2.45) is 0 Å². The number of aryl methyl sites for hydroxylation is 1. The average Bonchev–Trinajstić information content (AvgIpc) is 3.30. The van der Waals surface area contributed by atoms with Crippen molar-refractivity contribution < 1.29 is 14.3 Å². The van der Waals surface area contributed by atoms with Gasteiger partial charge in [-0.25, -0.2) is 0 Å². The third-order valence-electron chi connectivity index (χ3n) is 4.57. The summed E-state index contributed by atoms with van der Waals surface area (Å²) in [5, 5.41) is 6.29. The van der Waals surface area contributed by atoms with Crippen molar-refractivity contribution in [1.82, 2.24) is 10.3 Å². The first-order chi connectivity index (χ1) is 14.5. The van der Waals surface area contributed by atoms with Crippen molar-refractivity contribution >= 4 is 28.8 Å². The van der Waals surface area contributed by atoms with Gasteiger partial charge >= 0.3 is 0 Å². The number of carbonyl (C=O) groups is 2. The molecule has 1 heterocycles. The van der Waals surface area contributed by atoms with Gasteiger partial charge in [-0.3, -0.25) is 20.0 Å². The van der Waals surface area contributed by atoms with E-state index < -0.39 is 6.04 Å². The Morgan fingerprint density at radius 1 is 1.10 bits per heavy atom. The summed E-state index contributed by atoms with van der Waals surface area (Å²) in [5.74, 6) is 0.208. The van der Waals surface area contributed by atoms with Gasteiger partial charge in [0.05, 0.1) is 12.8 Å². The van der Waals surface area contributed by atoms with Gasteiger partial charge in [0.25, 0.3) is 11.8 Å². The molecule has 7 heteroatoms. The monoisotopic (exact) mass is 423 g/mol. The predicted octanol–water partition coefficient (Wildman–Crippen LogP) is 4.41. The molecule has 3 aromatic rings. The highest BCUT2D eigenvalue weighted by atomic mass is 32.1. The van der Waals surface area contributed by atoms with Crippen molar-refractivity contribution in [2.75, 3.05) is 19.1 Å². The van der Waals surface area contributed by atoms with Crippen LogP contribution in [-0.4, -0.2) is 30.5 Å². The summed E-state index contributed by atoms with van der Waals surface area (Å²) in [4.78, 5) is 27.0. The van der Waals surface area contributed by atoms with E-state index in [0.29, 0.717) is 12.1 Å². The first kappa shape index (κ1) is 21.4. The van der Waals surface area contributed by atoms with Gasteiger partial charge < -0.3 is 10.1 Å². The van der Waals surface area contributed by atoms with Crippen LogP contribution in [0.4, 0.5) is 5.69 Å². The number of hydrogen-bond acceptors (Lipinski definition) is 5. The molecule has 0 aliphatic heterocycles. The van der Waals surface area contributed by atoms with E-state index in [9.17, 15) is 9.59 Å². The molecule has 0 aliphatic rings. The van der Waals surface area contributed by atoms with E-state index in [1.807, 2.05) is 67.8 Å². The Balaban J connectivity index is 1.81. The minimum absolute atomic E-state index is 0.239. The number of methoxy groups -OCH3 is 1. The first-order valence-corrected chi connectivity index (χ1v) is 10.5. The highest BCUT2D eigenvalue weighted by Gasteiger charge is 2.28. The number of rotatable bonds is 8.